The predicted octanol–water partition coefficient (Wildman–Crippen LogP) is 1.64. The molecule has 5 rings (SSSR count). The number of primary amides is 1. The van der Waals surface area contributed by atoms with Gasteiger partial charge in [-0.1, -0.05) is 17.0 Å². The lowest BCUT2D eigenvalue weighted by Crippen LogP contribution is -2.51. The fraction of sp³-hybridized carbons (Fsp3) is 0.296. The second-order valence-electron chi connectivity index (χ2n) is 9.18. The van der Waals surface area contributed by atoms with Crippen molar-refractivity contribution in [2.24, 2.45) is 11.7 Å². The Morgan fingerprint density at radius 3 is 2.61 bits per heavy atom. The van der Waals surface area contributed by atoms with Gasteiger partial charge in [-0.3, -0.25) is 14.7 Å². The molecule has 0 spiro atoms. The van der Waals surface area contributed by atoms with Crippen molar-refractivity contribution >= 4 is 5.91 Å². The lowest BCUT2D eigenvalue weighted by atomic mass is 9.99. The first kappa shape index (κ1) is 23.6. The summed E-state index contributed by atoms with van der Waals surface area (Å²) in [5.74, 6) is 6.72. The summed E-state index contributed by atoms with van der Waals surface area (Å²) in [6.45, 7) is 4.38. The zero-order chi connectivity index (χ0) is 25.1. The van der Waals surface area contributed by atoms with Crippen LogP contribution in [-0.4, -0.2) is 56.3 Å². The van der Waals surface area contributed by atoms with Crippen molar-refractivity contribution in [2.75, 3.05) is 13.1 Å². The Morgan fingerprint density at radius 1 is 1.17 bits per heavy atom. The summed E-state index contributed by atoms with van der Waals surface area (Å²) in [6.07, 6.45) is 4.79. The number of nitrogens with one attached hydrogen (secondary N) is 1. The monoisotopic (exact) mass is 484 g/mol. The number of rotatable bonds is 7. The Hall–Kier alpha value is -4.13. The Labute approximate surface area is 209 Å². The van der Waals surface area contributed by atoms with Gasteiger partial charge in [0.15, 0.2) is 5.76 Å². The molecule has 0 radical (unpaired) electrons. The number of benzene rings is 1. The van der Waals surface area contributed by atoms with Crippen LogP contribution in [0.4, 0.5) is 0 Å². The molecule has 1 amide bonds. The molecule has 2 aliphatic rings. The number of carbonyl (C=O) groups is 1. The molecule has 36 heavy (non-hydrogen) atoms. The molecule has 0 saturated carbocycles. The number of aliphatic hydroxyl groups is 1. The van der Waals surface area contributed by atoms with Crippen molar-refractivity contribution in [3.05, 3.63) is 83.6 Å². The summed E-state index contributed by atoms with van der Waals surface area (Å²) in [7, 11) is 0. The van der Waals surface area contributed by atoms with E-state index < -0.39 is 6.10 Å². The SMILES string of the molecule is C[C@H](O)C1NC=CN1Cc1cc(-c2ccc(C#Cc3ccc(CN4CC(C(N)=O)C4)nc3)cc2)on1. The summed E-state index contributed by atoms with van der Waals surface area (Å²) in [4.78, 5) is 19.8. The van der Waals surface area contributed by atoms with Gasteiger partial charge in [0.25, 0.3) is 0 Å². The Balaban J connectivity index is 1.16. The number of hydrogen-bond donors (Lipinski definition) is 3. The number of carbonyl (C=O) groups excluding carboxylic acids is 1. The molecular formula is C27H28N6O3. The van der Waals surface area contributed by atoms with Gasteiger partial charge in [-0.2, -0.15) is 0 Å². The largest absolute Gasteiger partial charge is 0.389 e. The van der Waals surface area contributed by atoms with Crippen molar-refractivity contribution in [1.82, 2.24) is 25.3 Å². The number of nitrogens with two attached hydrogens (primary N) is 1. The van der Waals surface area contributed by atoms with Crippen molar-refractivity contribution in [1.29, 1.82) is 0 Å². The molecular weight excluding hydrogens is 456 g/mol. The average Bonchev–Trinajstić information content (AvgIpc) is 3.51. The number of hydrogen-bond acceptors (Lipinski definition) is 8. The number of amides is 1. The van der Waals surface area contributed by atoms with Crippen molar-refractivity contribution in [2.45, 2.75) is 32.3 Å². The fourth-order valence-electron chi connectivity index (χ4n) is 4.26. The molecule has 0 bridgehead atoms. The number of pyridine rings is 1. The highest BCUT2D eigenvalue weighted by molar-refractivity contribution is 5.78. The van der Waals surface area contributed by atoms with Crippen LogP contribution in [-0.2, 0) is 17.9 Å². The minimum atomic E-state index is -0.517. The number of nitrogens with zero attached hydrogens (tertiary/aromatic N) is 4. The zero-order valence-electron chi connectivity index (χ0n) is 20.0. The van der Waals surface area contributed by atoms with E-state index in [0.717, 1.165) is 28.1 Å². The van der Waals surface area contributed by atoms with Gasteiger partial charge in [0.2, 0.25) is 5.91 Å². The maximum Gasteiger partial charge on any atom is 0.223 e. The van der Waals surface area contributed by atoms with Crippen molar-refractivity contribution in [3.8, 4) is 23.2 Å². The Bertz CT molecular complexity index is 1300. The van der Waals surface area contributed by atoms with Crippen LogP contribution in [0.15, 0.2) is 65.6 Å². The minimum Gasteiger partial charge on any atom is -0.389 e. The number of aromatic nitrogens is 2. The van der Waals surface area contributed by atoms with E-state index in [1.807, 2.05) is 59.8 Å². The minimum absolute atomic E-state index is 0.0407. The fourth-order valence-corrected chi connectivity index (χ4v) is 4.26. The first-order valence-corrected chi connectivity index (χ1v) is 11.9. The molecule has 4 heterocycles. The van der Waals surface area contributed by atoms with Gasteiger partial charge in [-0.25, -0.2) is 0 Å². The summed E-state index contributed by atoms with van der Waals surface area (Å²) >= 11 is 0. The smallest absolute Gasteiger partial charge is 0.223 e. The number of likely N-dealkylation sites (tertiary alicyclic amines) is 1. The van der Waals surface area contributed by atoms with Crippen LogP contribution >= 0.6 is 0 Å². The van der Waals surface area contributed by atoms with E-state index in [0.29, 0.717) is 31.9 Å². The number of aliphatic hydroxyl groups excluding tert-OH is 1. The van der Waals surface area contributed by atoms with Crippen LogP contribution in [0.25, 0.3) is 11.3 Å². The van der Waals surface area contributed by atoms with Crippen LogP contribution in [0.5, 0.6) is 0 Å². The van der Waals surface area contributed by atoms with Gasteiger partial charge in [0.05, 0.1) is 24.3 Å². The molecule has 9 heteroatoms. The van der Waals surface area contributed by atoms with Crippen LogP contribution in [0.2, 0.25) is 0 Å². The van der Waals surface area contributed by atoms with Gasteiger partial charge < -0.3 is 25.6 Å². The first-order valence-electron chi connectivity index (χ1n) is 11.9. The molecule has 0 aliphatic carbocycles. The van der Waals surface area contributed by atoms with E-state index >= 15 is 0 Å². The summed E-state index contributed by atoms with van der Waals surface area (Å²) in [5.41, 5.74) is 9.67. The van der Waals surface area contributed by atoms with Crippen LogP contribution < -0.4 is 11.1 Å². The van der Waals surface area contributed by atoms with E-state index in [4.69, 9.17) is 10.3 Å². The van der Waals surface area contributed by atoms with Crippen molar-refractivity contribution in [3.63, 3.8) is 0 Å². The van der Waals surface area contributed by atoms with E-state index in [-0.39, 0.29) is 18.0 Å². The molecule has 184 valence electrons. The Morgan fingerprint density at radius 2 is 1.92 bits per heavy atom. The highest BCUT2D eigenvalue weighted by Gasteiger charge is 2.30. The normalized spacial score (nSPS) is 18.3. The standard InChI is InChI=1S/C27H28N6O3/c1-18(34)27-29-10-11-33(27)17-24-12-25(36-31-24)21-7-4-19(5-8-21)2-3-20-6-9-23(30-13-20)16-32-14-22(15-32)26(28)35/h4-13,18,22,27,29,34H,14-17H2,1H3,(H2,28,35)/t18-,27?/m0/s1. The quantitative estimate of drug-likeness (QED) is 0.433. The second-order valence-corrected chi connectivity index (χ2v) is 9.18. The third-order valence-electron chi connectivity index (χ3n) is 6.34. The van der Waals surface area contributed by atoms with Gasteiger partial charge in [0, 0.05) is 61.0 Å². The van der Waals surface area contributed by atoms with Gasteiger partial charge in [0.1, 0.15) is 11.9 Å². The molecule has 9 nitrogen and oxygen atoms in total. The van der Waals surface area contributed by atoms with E-state index in [2.05, 4.69) is 32.2 Å². The van der Waals surface area contributed by atoms with Crippen LogP contribution in [0.1, 0.15) is 29.4 Å². The molecule has 1 aromatic carbocycles. The van der Waals surface area contributed by atoms with Gasteiger partial charge in [-0.15, -0.1) is 0 Å². The highest BCUT2D eigenvalue weighted by atomic mass is 16.5. The Kier molecular flexibility index (Phi) is 6.71. The molecule has 1 unspecified atom stereocenters. The predicted molar refractivity (Wildman–Crippen MR) is 133 cm³/mol. The topological polar surface area (TPSA) is 121 Å². The molecule has 2 aromatic heterocycles. The molecule has 3 aromatic rings. The second kappa shape index (κ2) is 10.2. The zero-order valence-corrected chi connectivity index (χ0v) is 20.0. The van der Waals surface area contributed by atoms with E-state index in [1.54, 1.807) is 13.1 Å². The molecule has 2 atom stereocenters. The third-order valence-corrected chi connectivity index (χ3v) is 6.34. The maximum absolute atomic E-state index is 11.1. The molecule has 2 aliphatic heterocycles. The van der Waals surface area contributed by atoms with Crippen LogP contribution in [0, 0.1) is 17.8 Å². The van der Waals surface area contributed by atoms with Crippen LogP contribution in [0.3, 0.4) is 0 Å². The average molecular weight is 485 g/mol. The van der Waals surface area contributed by atoms with Crippen molar-refractivity contribution < 1.29 is 14.4 Å². The lowest BCUT2D eigenvalue weighted by molar-refractivity contribution is -0.127. The molecule has 4 N–H and O–H groups in total. The molecule has 1 fully saturated rings. The van der Waals surface area contributed by atoms with E-state index in [1.165, 1.54) is 0 Å². The maximum atomic E-state index is 11.1. The highest BCUT2D eigenvalue weighted by Crippen LogP contribution is 2.23. The summed E-state index contributed by atoms with van der Waals surface area (Å²) in [5, 5.41) is 17.2. The van der Waals surface area contributed by atoms with Gasteiger partial charge in [-0.05, 0) is 43.3 Å². The summed E-state index contributed by atoms with van der Waals surface area (Å²) in [6, 6.07) is 13.6. The molecule has 1 saturated heterocycles. The van der Waals surface area contributed by atoms with E-state index in [9.17, 15) is 9.90 Å². The third kappa shape index (κ3) is 5.40. The van der Waals surface area contributed by atoms with Gasteiger partial charge >= 0.3 is 0 Å². The summed E-state index contributed by atoms with van der Waals surface area (Å²) < 4.78 is 5.54. The first-order chi connectivity index (χ1) is 17.4. The lowest BCUT2D eigenvalue weighted by Gasteiger charge is -2.36.